The van der Waals surface area contributed by atoms with Crippen LogP contribution in [0.4, 0.5) is 4.79 Å². The maximum Gasteiger partial charge on any atom is 0.407 e. The molecular weight excluding hydrogens is 564 g/mol. The number of imidazole rings is 1. The number of alkyl carbamates (subject to hydrolysis) is 1. The summed E-state index contributed by atoms with van der Waals surface area (Å²) in [7, 11) is 0. The summed E-state index contributed by atoms with van der Waals surface area (Å²) in [4.78, 5) is 29.1. The van der Waals surface area contributed by atoms with E-state index in [0.717, 1.165) is 79.7 Å². The molecule has 0 aliphatic carbocycles. The van der Waals surface area contributed by atoms with Gasteiger partial charge in [0.05, 0.1) is 36.5 Å². The zero-order valence-corrected chi connectivity index (χ0v) is 26.0. The number of halogens is 1. The highest BCUT2D eigenvalue weighted by molar-refractivity contribution is 6.30. The molecule has 3 aromatic heterocycles. The molecule has 4 heterocycles. The minimum absolute atomic E-state index is 0.0980. The Morgan fingerprint density at radius 3 is 2.74 bits per heavy atom. The molecule has 5 rings (SSSR count). The van der Waals surface area contributed by atoms with E-state index in [4.69, 9.17) is 31.0 Å². The third-order valence-corrected chi connectivity index (χ3v) is 7.73. The van der Waals surface area contributed by atoms with Gasteiger partial charge in [-0.3, -0.25) is 19.3 Å². The van der Waals surface area contributed by atoms with Crippen LogP contribution in [-0.4, -0.2) is 75.3 Å². The normalized spacial score (nSPS) is 15.0. The predicted octanol–water partition coefficient (Wildman–Crippen LogP) is 5.95. The second kappa shape index (κ2) is 14.3. The standard InChI is InChI=1S/C33H41ClN6O3/c1-33(2,3)43-32(41)36-13-12-25(24-7-4-8-26(34)21-24)22-27-9-5-10-28(38-27)30-23-37-31-29(35-14-16-40(30)31)11-6-15-39-17-19-42-20-18-39/h4-5,7-10,14,16,21,23,25H,6,11-13,15,17-20,22H2,1-3H3,(H,36,41). The fraction of sp³-hybridized carbons (Fsp3) is 0.455. The Balaban J connectivity index is 1.30. The number of fused-ring (bicyclic) bond motifs is 1. The van der Waals surface area contributed by atoms with Crippen LogP contribution in [0.25, 0.3) is 17.0 Å². The van der Waals surface area contributed by atoms with E-state index < -0.39 is 11.7 Å². The van der Waals surface area contributed by atoms with E-state index in [-0.39, 0.29) is 5.92 Å². The van der Waals surface area contributed by atoms with E-state index in [1.807, 2.05) is 75.8 Å². The van der Waals surface area contributed by atoms with Gasteiger partial charge in [-0.15, -0.1) is 0 Å². The predicted molar refractivity (Wildman–Crippen MR) is 169 cm³/mol. The van der Waals surface area contributed by atoms with Crippen molar-refractivity contribution in [1.29, 1.82) is 0 Å². The molecule has 4 aromatic rings. The largest absolute Gasteiger partial charge is 0.444 e. The van der Waals surface area contributed by atoms with Crippen LogP contribution >= 0.6 is 11.6 Å². The van der Waals surface area contributed by atoms with Crippen LogP contribution in [0, 0.1) is 0 Å². The summed E-state index contributed by atoms with van der Waals surface area (Å²) in [5.74, 6) is 0.0980. The van der Waals surface area contributed by atoms with Crippen LogP contribution in [0.3, 0.4) is 0 Å². The molecule has 9 nitrogen and oxygen atoms in total. The van der Waals surface area contributed by atoms with Crippen LogP contribution in [0.1, 0.15) is 56.5 Å². The summed E-state index contributed by atoms with van der Waals surface area (Å²) in [6.07, 6.45) is 8.55. The Labute approximate surface area is 258 Å². The molecule has 1 aliphatic heterocycles. The summed E-state index contributed by atoms with van der Waals surface area (Å²) >= 11 is 6.35. The molecule has 1 unspecified atom stereocenters. The molecule has 1 amide bonds. The number of ether oxygens (including phenoxy) is 2. The lowest BCUT2D eigenvalue weighted by atomic mass is 9.91. The lowest BCUT2D eigenvalue weighted by Gasteiger charge is -2.26. The molecule has 0 radical (unpaired) electrons. The Kier molecular flexibility index (Phi) is 10.3. The van der Waals surface area contributed by atoms with Crippen molar-refractivity contribution in [3.8, 4) is 11.4 Å². The first-order valence-corrected chi connectivity index (χ1v) is 15.4. The van der Waals surface area contributed by atoms with Gasteiger partial charge in [-0.1, -0.05) is 29.8 Å². The van der Waals surface area contributed by atoms with Crippen molar-refractivity contribution in [2.75, 3.05) is 39.4 Å². The van der Waals surface area contributed by atoms with Crippen LogP contribution in [-0.2, 0) is 22.3 Å². The maximum absolute atomic E-state index is 12.2. The molecule has 0 bridgehead atoms. The van der Waals surface area contributed by atoms with Crippen LogP contribution in [0.15, 0.2) is 61.1 Å². The Hall–Kier alpha value is -3.53. The summed E-state index contributed by atoms with van der Waals surface area (Å²) in [5.41, 5.74) is 5.17. The molecule has 1 atom stereocenters. The van der Waals surface area contributed by atoms with E-state index in [2.05, 4.69) is 25.7 Å². The van der Waals surface area contributed by atoms with Crippen molar-refractivity contribution in [2.45, 2.75) is 58.0 Å². The number of hydrogen-bond acceptors (Lipinski definition) is 7. The van der Waals surface area contributed by atoms with Gasteiger partial charge < -0.3 is 14.8 Å². The first-order valence-electron chi connectivity index (χ1n) is 15.0. The quantitative estimate of drug-likeness (QED) is 0.226. The number of pyridine rings is 1. The van der Waals surface area contributed by atoms with Gasteiger partial charge >= 0.3 is 6.09 Å². The minimum atomic E-state index is -0.543. The number of amides is 1. The summed E-state index contributed by atoms with van der Waals surface area (Å²) < 4.78 is 13.0. The first kappa shape index (κ1) is 30.9. The number of nitrogens with zero attached hydrogens (tertiary/aromatic N) is 5. The highest BCUT2D eigenvalue weighted by Gasteiger charge is 2.19. The molecule has 0 saturated carbocycles. The van der Waals surface area contributed by atoms with Crippen molar-refractivity contribution in [1.82, 2.24) is 29.6 Å². The Morgan fingerprint density at radius 1 is 1.14 bits per heavy atom. The molecule has 1 aromatic carbocycles. The van der Waals surface area contributed by atoms with Crippen LogP contribution < -0.4 is 5.32 Å². The van der Waals surface area contributed by atoms with Gasteiger partial charge in [0, 0.05) is 42.7 Å². The van der Waals surface area contributed by atoms with Crippen molar-refractivity contribution in [3.05, 3.63) is 83.0 Å². The van der Waals surface area contributed by atoms with Crippen molar-refractivity contribution < 1.29 is 14.3 Å². The Morgan fingerprint density at radius 2 is 1.95 bits per heavy atom. The zero-order chi connectivity index (χ0) is 30.2. The van der Waals surface area contributed by atoms with E-state index in [1.165, 1.54) is 0 Å². The topological polar surface area (TPSA) is 93.9 Å². The monoisotopic (exact) mass is 604 g/mol. The summed E-state index contributed by atoms with van der Waals surface area (Å²) in [6, 6.07) is 14.0. The fourth-order valence-corrected chi connectivity index (χ4v) is 5.63. The van der Waals surface area contributed by atoms with Gasteiger partial charge in [0.2, 0.25) is 0 Å². The smallest absolute Gasteiger partial charge is 0.407 e. The molecule has 43 heavy (non-hydrogen) atoms. The van der Waals surface area contributed by atoms with Gasteiger partial charge in [0.15, 0.2) is 5.65 Å². The van der Waals surface area contributed by atoms with E-state index >= 15 is 0 Å². The van der Waals surface area contributed by atoms with Crippen LogP contribution in [0.5, 0.6) is 0 Å². The molecular formula is C33H41ClN6O3. The number of benzene rings is 1. The number of hydrogen-bond donors (Lipinski definition) is 1. The lowest BCUT2D eigenvalue weighted by molar-refractivity contribution is 0.0374. The third-order valence-electron chi connectivity index (χ3n) is 7.50. The third kappa shape index (κ3) is 8.75. The van der Waals surface area contributed by atoms with Crippen molar-refractivity contribution >= 4 is 23.3 Å². The minimum Gasteiger partial charge on any atom is -0.444 e. The molecule has 228 valence electrons. The van der Waals surface area contributed by atoms with E-state index in [0.29, 0.717) is 24.4 Å². The molecule has 10 heteroatoms. The molecule has 1 N–H and O–H groups in total. The first-order chi connectivity index (χ1) is 20.7. The maximum atomic E-state index is 12.2. The Bertz CT molecular complexity index is 1510. The second-order valence-electron chi connectivity index (χ2n) is 12.0. The number of nitrogens with one attached hydrogen (secondary N) is 1. The highest BCUT2D eigenvalue weighted by atomic mass is 35.5. The fourth-order valence-electron chi connectivity index (χ4n) is 5.43. The lowest BCUT2D eigenvalue weighted by Crippen LogP contribution is -2.37. The zero-order valence-electron chi connectivity index (χ0n) is 25.3. The highest BCUT2D eigenvalue weighted by Crippen LogP contribution is 2.28. The van der Waals surface area contributed by atoms with Crippen LogP contribution in [0.2, 0.25) is 5.02 Å². The second-order valence-corrected chi connectivity index (χ2v) is 12.4. The number of aryl methyl sites for hydroxylation is 1. The molecule has 1 fully saturated rings. The average molecular weight is 605 g/mol. The average Bonchev–Trinajstić information content (AvgIpc) is 3.42. The molecule has 0 spiro atoms. The summed E-state index contributed by atoms with van der Waals surface area (Å²) in [6.45, 7) is 10.7. The van der Waals surface area contributed by atoms with Gasteiger partial charge in [-0.25, -0.2) is 9.78 Å². The summed E-state index contributed by atoms with van der Waals surface area (Å²) in [5, 5.41) is 3.58. The van der Waals surface area contributed by atoms with Gasteiger partial charge in [-0.05, 0) is 88.7 Å². The molecule has 1 aliphatic rings. The molecule has 1 saturated heterocycles. The number of aromatic nitrogens is 4. The number of carbonyl (C=O) groups is 1. The number of rotatable bonds is 11. The van der Waals surface area contributed by atoms with Gasteiger partial charge in [0.25, 0.3) is 0 Å². The number of morpholine rings is 1. The van der Waals surface area contributed by atoms with Gasteiger partial charge in [0.1, 0.15) is 5.60 Å². The van der Waals surface area contributed by atoms with E-state index in [9.17, 15) is 4.79 Å². The SMILES string of the molecule is CC(C)(C)OC(=O)NCCC(Cc1cccc(-c2cnc3c(CCCN4CCOCC4)nccn23)n1)c1cccc(Cl)c1. The van der Waals surface area contributed by atoms with Crippen molar-refractivity contribution in [3.63, 3.8) is 0 Å². The van der Waals surface area contributed by atoms with Gasteiger partial charge in [-0.2, -0.15) is 0 Å². The van der Waals surface area contributed by atoms with E-state index in [1.54, 1.807) is 0 Å². The van der Waals surface area contributed by atoms with Crippen molar-refractivity contribution in [2.24, 2.45) is 0 Å². The number of carbonyl (C=O) groups excluding carboxylic acids is 1.